The van der Waals surface area contributed by atoms with E-state index < -0.39 is 0 Å². The molecule has 1 amide bonds. The van der Waals surface area contributed by atoms with E-state index in [1.54, 1.807) is 6.92 Å². The van der Waals surface area contributed by atoms with Crippen molar-refractivity contribution in [3.63, 3.8) is 0 Å². The predicted octanol–water partition coefficient (Wildman–Crippen LogP) is 3.23. The highest BCUT2D eigenvalue weighted by Gasteiger charge is 2.27. The molecule has 1 aliphatic rings. The summed E-state index contributed by atoms with van der Waals surface area (Å²) in [7, 11) is 0. The molecule has 0 spiro atoms. The Balaban J connectivity index is 1.43. The van der Waals surface area contributed by atoms with Crippen LogP contribution in [-0.2, 0) is 4.79 Å². The van der Waals surface area contributed by atoms with Crippen LogP contribution in [0.5, 0.6) is 11.5 Å². The molecule has 0 bridgehead atoms. The number of nitrogens with one attached hydrogen (secondary N) is 1. The Labute approximate surface area is 175 Å². The largest absolute Gasteiger partial charge is 0.457 e. The molecule has 7 heteroatoms. The molecule has 0 saturated carbocycles. The number of nitrogens with two attached hydrogens (primary N) is 1. The first kappa shape index (κ1) is 19.6. The number of aromatic nitrogens is 2. The fourth-order valence-electron chi connectivity index (χ4n) is 3.49. The van der Waals surface area contributed by atoms with Gasteiger partial charge in [-0.25, -0.2) is 9.69 Å². The normalized spacial score (nSPS) is 16.0. The van der Waals surface area contributed by atoms with Crippen LogP contribution in [0.4, 0.5) is 5.82 Å². The van der Waals surface area contributed by atoms with Gasteiger partial charge in [-0.1, -0.05) is 24.1 Å². The van der Waals surface area contributed by atoms with Gasteiger partial charge in [0.1, 0.15) is 17.3 Å². The van der Waals surface area contributed by atoms with Crippen molar-refractivity contribution in [2.45, 2.75) is 19.4 Å². The summed E-state index contributed by atoms with van der Waals surface area (Å²) >= 11 is 0. The molecule has 2 heterocycles. The summed E-state index contributed by atoms with van der Waals surface area (Å²) in [5, 5.41) is 6.56. The van der Waals surface area contributed by atoms with Gasteiger partial charge in [0.25, 0.3) is 0 Å². The Bertz CT molecular complexity index is 1080. The van der Waals surface area contributed by atoms with Crippen molar-refractivity contribution in [2.24, 2.45) is 0 Å². The lowest BCUT2D eigenvalue weighted by atomic mass is 10.1. The lowest BCUT2D eigenvalue weighted by molar-refractivity contribution is -0.119. The minimum absolute atomic E-state index is 0.0920. The maximum absolute atomic E-state index is 11.7. The Morgan fingerprint density at radius 1 is 1.17 bits per heavy atom. The molecule has 4 rings (SSSR count). The van der Waals surface area contributed by atoms with E-state index in [2.05, 4.69) is 17.3 Å². The second kappa shape index (κ2) is 8.72. The highest BCUT2D eigenvalue weighted by molar-refractivity contribution is 5.93. The molecular weight excluding hydrogens is 378 g/mol. The number of carbonyl (C=O) groups is 1. The molecule has 7 nitrogen and oxygen atoms in total. The maximum Gasteiger partial charge on any atom is 0.310 e. The zero-order chi connectivity index (χ0) is 20.9. The van der Waals surface area contributed by atoms with Crippen LogP contribution in [0.3, 0.4) is 0 Å². The van der Waals surface area contributed by atoms with E-state index in [4.69, 9.17) is 15.6 Å². The van der Waals surface area contributed by atoms with Gasteiger partial charge in [-0.2, -0.15) is 5.10 Å². The third-order valence-electron chi connectivity index (χ3n) is 4.90. The second-order valence-electron chi connectivity index (χ2n) is 7.04. The summed E-state index contributed by atoms with van der Waals surface area (Å²) < 4.78 is 7.68. The van der Waals surface area contributed by atoms with E-state index in [0.29, 0.717) is 12.4 Å². The first-order valence-electron chi connectivity index (χ1n) is 9.79. The van der Waals surface area contributed by atoms with Crippen molar-refractivity contribution < 1.29 is 9.53 Å². The number of ether oxygens (including phenoxy) is 1. The molecule has 3 N–H and O–H groups in total. The zero-order valence-corrected chi connectivity index (χ0v) is 16.7. The third kappa shape index (κ3) is 4.45. The molecule has 1 saturated heterocycles. The van der Waals surface area contributed by atoms with Crippen molar-refractivity contribution in [1.29, 1.82) is 0 Å². The van der Waals surface area contributed by atoms with Crippen LogP contribution in [0.15, 0.2) is 60.7 Å². The zero-order valence-electron chi connectivity index (χ0n) is 16.7. The first-order chi connectivity index (χ1) is 14.6. The van der Waals surface area contributed by atoms with E-state index >= 15 is 0 Å². The SMILES string of the molecule is CC#CC(=O)NN1CC[C@@H](n2nc(-c3ccc(Oc4ccccc4)cc3)cc2N)C1. The van der Waals surface area contributed by atoms with Gasteiger partial charge in [0.05, 0.1) is 11.7 Å². The molecule has 1 aromatic heterocycles. The summed E-state index contributed by atoms with van der Waals surface area (Å²) in [5.74, 6) is 6.93. The van der Waals surface area contributed by atoms with Gasteiger partial charge in [-0.05, 0) is 55.7 Å². The molecule has 1 fully saturated rings. The lowest BCUT2D eigenvalue weighted by Gasteiger charge is -2.16. The van der Waals surface area contributed by atoms with Gasteiger partial charge in [-0.15, -0.1) is 0 Å². The van der Waals surface area contributed by atoms with Crippen molar-refractivity contribution >= 4 is 11.7 Å². The number of nitrogens with zero attached hydrogens (tertiary/aromatic N) is 3. The van der Waals surface area contributed by atoms with Crippen LogP contribution in [-0.4, -0.2) is 33.8 Å². The molecule has 2 aromatic carbocycles. The summed E-state index contributed by atoms with van der Waals surface area (Å²) in [6, 6.07) is 19.4. The van der Waals surface area contributed by atoms with Crippen LogP contribution in [0, 0.1) is 11.8 Å². The Morgan fingerprint density at radius 2 is 1.90 bits per heavy atom. The fourth-order valence-corrected chi connectivity index (χ4v) is 3.49. The molecule has 0 aliphatic carbocycles. The molecular formula is C23H23N5O2. The van der Waals surface area contributed by atoms with E-state index in [1.165, 1.54) is 0 Å². The summed E-state index contributed by atoms with van der Waals surface area (Å²) in [5.41, 5.74) is 10.8. The molecule has 152 valence electrons. The molecule has 0 radical (unpaired) electrons. The average molecular weight is 401 g/mol. The number of para-hydroxylation sites is 1. The quantitative estimate of drug-likeness (QED) is 0.641. The van der Waals surface area contributed by atoms with Gasteiger partial charge in [-0.3, -0.25) is 10.2 Å². The molecule has 3 aromatic rings. The van der Waals surface area contributed by atoms with Crippen molar-refractivity contribution in [2.75, 3.05) is 18.8 Å². The molecule has 30 heavy (non-hydrogen) atoms. The second-order valence-corrected chi connectivity index (χ2v) is 7.04. The minimum atomic E-state index is -0.301. The highest BCUT2D eigenvalue weighted by atomic mass is 16.5. The smallest absolute Gasteiger partial charge is 0.310 e. The molecule has 1 aliphatic heterocycles. The number of hydrogen-bond acceptors (Lipinski definition) is 5. The number of amides is 1. The Kier molecular flexibility index (Phi) is 5.68. The highest BCUT2D eigenvalue weighted by Crippen LogP contribution is 2.29. The van der Waals surface area contributed by atoms with Crippen LogP contribution in [0.2, 0.25) is 0 Å². The minimum Gasteiger partial charge on any atom is -0.457 e. The van der Waals surface area contributed by atoms with E-state index in [1.807, 2.05) is 70.4 Å². The predicted molar refractivity (Wildman–Crippen MR) is 115 cm³/mol. The van der Waals surface area contributed by atoms with Gasteiger partial charge >= 0.3 is 5.91 Å². The third-order valence-corrected chi connectivity index (χ3v) is 4.90. The first-order valence-corrected chi connectivity index (χ1v) is 9.79. The number of hydrogen-bond donors (Lipinski definition) is 2. The Morgan fingerprint density at radius 3 is 2.63 bits per heavy atom. The summed E-state index contributed by atoms with van der Waals surface area (Å²) in [6.07, 6.45) is 0.842. The molecule has 1 atom stereocenters. The number of benzene rings is 2. The fraction of sp³-hybridized carbons (Fsp3) is 0.217. The van der Waals surface area contributed by atoms with Gasteiger partial charge < -0.3 is 10.5 Å². The number of nitrogen functional groups attached to an aromatic ring is 1. The van der Waals surface area contributed by atoms with Crippen LogP contribution < -0.4 is 15.9 Å². The van der Waals surface area contributed by atoms with E-state index in [9.17, 15) is 4.79 Å². The van der Waals surface area contributed by atoms with Crippen molar-refractivity contribution in [1.82, 2.24) is 20.2 Å². The topological polar surface area (TPSA) is 85.4 Å². The van der Waals surface area contributed by atoms with Crippen molar-refractivity contribution in [3.05, 3.63) is 60.7 Å². The number of carbonyl (C=O) groups excluding carboxylic acids is 1. The van der Waals surface area contributed by atoms with Gasteiger partial charge in [0, 0.05) is 24.7 Å². The van der Waals surface area contributed by atoms with Crippen LogP contribution in [0.1, 0.15) is 19.4 Å². The summed E-state index contributed by atoms with van der Waals surface area (Å²) in [4.78, 5) is 11.7. The maximum atomic E-state index is 11.7. The number of rotatable bonds is 5. The van der Waals surface area contributed by atoms with Crippen LogP contribution >= 0.6 is 0 Å². The Hall–Kier alpha value is -3.76. The standard InChI is InChI=1S/C23H23N5O2/c1-2-6-23(29)26-27-14-13-18(16-27)28-22(24)15-21(25-28)17-9-11-20(12-10-17)30-19-7-4-3-5-8-19/h3-5,7-12,15,18H,13-14,16,24H2,1H3,(H,26,29)/t18-/m1/s1. The monoisotopic (exact) mass is 401 g/mol. The molecule has 0 unspecified atom stereocenters. The van der Waals surface area contributed by atoms with E-state index in [-0.39, 0.29) is 11.9 Å². The average Bonchev–Trinajstić information content (AvgIpc) is 3.36. The van der Waals surface area contributed by atoms with Crippen molar-refractivity contribution in [3.8, 4) is 34.6 Å². The summed E-state index contributed by atoms with van der Waals surface area (Å²) in [6.45, 7) is 2.99. The number of hydrazine groups is 1. The number of anilines is 1. The van der Waals surface area contributed by atoms with Crippen LogP contribution in [0.25, 0.3) is 11.3 Å². The lowest BCUT2D eigenvalue weighted by Crippen LogP contribution is -2.40. The van der Waals surface area contributed by atoms with Gasteiger partial charge in [0.15, 0.2) is 0 Å². The van der Waals surface area contributed by atoms with E-state index in [0.717, 1.165) is 35.7 Å². The van der Waals surface area contributed by atoms with Gasteiger partial charge in [0.2, 0.25) is 0 Å².